The van der Waals surface area contributed by atoms with E-state index in [-0.39, 0.29) is 5.66 Å². The van der Waals surface area contributed by atoms with Gasteiger partial charge in [-0.15, -0.1) is 0 Å². The van der Waals surface area contributed by atoms with Crippen molar-refractivity contribution in [1.29, 1.82) is 0 Å². The first-order valence-electron chi connectivity index (χ1n) is 4.48. The minimum atomic E-state index is -0.403. The third-order valence-corrected chi connectivity index (χ3v) is 2.20. The SMILES string of the molecule is CC1(C)Nc2ccc(C(N)=O)cc2N1. The van der Waals surface area contributed by atoms with Crippen LogP contribution in [0.3, 0.4) is 0 Å². The van der Waals surface area contributed by atoms with Crippen molar-refractivity contribution >= 4 is 17.3 Å². The molecule has 0 atom stereocenters. The van der Waals surface area contributed by atoms with Gasteiger partial charge in [-0.05, 0) is 32.0 Å². The van der Waals surface area contributed by atoms with Gasteiger partial charge in [-0.2, -0.15) is 0 Å². The van der Waals surface area contributed by atoms with Crippen LogP contribution in [0, 0.1) is 0 Å². The monoisotopic (exact) mass is 191 g/mol. The van der Waals surface area contributed by atoms with Crippen LogP contribution in [0.5, 0.6) is 0 Å². The van der Waals surface area contributed by atoms with Crippen LogP contribution >= 0.6 is 0 Å². The second-order valence-corrected chi connectivity index (χ2v) is 4.00. The molecular weight excluding hydrogens is 178 g/mol. The molecule has 0 saturated heterocycles. The maximum absolute atomic E-state index is 10.9. The van der Waals surface area contributed by atoms with E-state index in [4.69, 9.17) is 5.73 Å². The molecule has 0 aromatic heterocycles. The molecule has 0 unspecified atom stereocenters. The first-order chi connectivity index (χ1) is 6.48. The van der Waals surface area contributed by atoms with E-state index in [0.29, 0.717) is 5.56 Å². The molecule has 0 aliphatic carbocycles. The molecule has 1 aromatic carbocycles. The Morgan fingerprint density at radius 2 is 1.93 bits per heavy atom. The lowest BCUT2D eigenvalue weighted by molar-refractivity contribution is 0.100. The first kappa shape index (κ1) is 8.87. The van der Waals surface area contributed by atoms with Crippen LogP contribution in [0.25, 0.3) is 0 Å². The van der Waals surface area contributed by atoms with Crippen LogP contribution < -0.4 is 16.4 Å². The Morgan fingerprint density at radius 1 is 1.29 bits per heavy atom. The minimum Gasteiger partial charge on any atom is -0.366 e. The maximum atomic E-state index is 10.9. The Kier molecular flexibility index (Phi) is 1.67. The zero-order valence-corrected chi connectivity index (χ0v) is 8.22. The summed E-state index contributed by atoms with van der Waals surface area (Å²) in [5, 5.41) is 6.53. The van der Waals surface area contributed by atoms with Crippen LogP contribution in [-0.4, -0.2) is 11.6 Å². The summed E-state index contributed by atoms with van der Waals surface area (Å²) < 4.78 is 0. The molecule has 1 aliphatic heterocycles. The van der Waals surface area contributed by atoms with Gasteiger partial charge < -0.3 is 16.4 Å². The second kappa shape index (κ2) is 2.64. The summed E-state index contributed by atoms with van der Waals surface area (Å²) in [6.45, 7) is 4.05. The molecule has 0 radical (unpaired) electrons. The maximum Gasteiger partial charge on any atom is 0.248 e. The molecular formula is C10H13N3O. The average Bonchev–Trinajstić information content (AvgIpc) is 2.36. The van der Waals surface area contributed by atoms with E-state index in [2.05, 4.69) is 10.6 Å². The fourth-order valence-electron chi connectivity index (χ4n) is 1.61. The minimum absolute atomic E-state index is 0.168. The molecule has 0 fully saturated rings. The number of fused-ring (bicyclic) bond motifs is 1. The smallest absolute Gasteiger partial charge is 0.248 e. The third-order valence-electron chi connectivity index (χ3n) is 2.20. The van der Waals surface area contributed by atoms with Gasteiger partial charge in [0.1, 0.15) is 5.66 Å². The molecule has 74 valence electrons. The summed E-state index contributed by atoms with van der Waals surface area (Å²) in [7, 11) is 0. The molecule has 1 aromatic rings. The standard InChI is InChI=1S/C10H13N3O/c1-10(2)12-7-4-3-6(9(11)14)5-8(7)13-10/h3-5,12-13H,1-2H3,(H2,11,14). The van der Waals surface area contributed by atoms with Crippen molar-refractivity contribution in [2.75, 3.05) is 10.6 Å². The van der Waals surface area contributed by atoms with Crippen molar-refractivity contribution in [2.24, 2.45) is 5.73 Å². The van der Waals surface area contributed by atoms with Crippen molar-refractivity contribution in [1.82, 2.24) is 0 Å². The van der Waals surface area contributed by atoms with Crippen LogP contribution in [0.1, 0.15) is 24.2 Å². The van der Waals surface area contributed by atoms with Gasteiger partial charge in [0.15, 0.2) is 0 Å². The molecule has 0 saturated carbocycles. The summed E-state index contributed by atoms with van der Waals surface area (Å²) in [6.07, 6.45) is 0. The first-order valence-corrected chi connectivity index (χ1v) is 4.48. The number of amides is 1. The number of nitrogens with one attached hydrogen (secondary N) is 2. The van der Waals surface area contributed by atoms with Crippen molar-refractivity contribution < 1.29 is 4.79 Å². The molecule has 4 nitrogen and oxygen atoms in total. The summed E-state index contributed by atoms with van der Waals surface area (Å²) in [5.41, 5.74) is 7.47. The lowest BCUT2D eigenvalue weighted by Crippen LogP contribution is -2.33. The molecule has 14 heavy (non-hydrogen) atoms. The highest BCUT2D eigenvalue weighted by Crippen LogP contribution is 2.33. The van der Waals surface area contributed by atoms with Crippen molar-refractivity contribution in [3.8, 4) is 0 Å². The van der Waals surface area contributed by atoms with Crippen LogP contribution in [0.4, 0.5) is 11.4 Å². The molecule has 1 heterocycles. The van der Waals surface area contributed by atoms with Crippen molar-refractivity contribution in [3.05, 3.63) is 23.8 Å². The van der Waals surface area contributed by atoms with E-state index in [0.717, 1.165) is 11.4 Å². The fraction of sp³-hybridized carbons (Fsp3) is 0.300. The number of hydrogen-bond acceptors (Lipinski definition) is 3. The van der Waals surface area contributed by atoms with E-state index in [1.54, 1.807) is 12.1 Å². The third kappa shape index (κ3) is 1.39. The van der Waals surface area contributed by atoms with E-state index < -0.39 is 5.91 Å². The van der Waals surface area contributed by atoms with Crippen LogP contribution in [-0.2, 0) is 0 Å². The Hall–Kier alpha value is -1.71. The summed E-state index contributed by atoms with van der Waals surface area (Å²) in [5.74, 6) is -0.403. The van der Waals surface area contributed by atoms with Gasteiger partial charge in [0.25, 0.3) is 0 Å². The van der Waals surface area contributed by atoms with Gasteiger partial charge >= 0.3 is 0 Å². The van der Waals surface area contributed by atoms with E-state index >= 15 is 0 Å². The highest BCUT2D eigenvalue weighted by atomic mass is 16.1. The molecule has 1 aliphatic rings. The predicted octanol–water partition coefficient (Wildman–Crippen LogP) is 1.36. The van der Waals surface area contributed by atoms with Gasteiger partial charge in [-0.25, -0.2) is 0 Å². The Bertz CT molecular complexity index is 398. The van der Waals surface area contributed by atoms with E-state index in [1.807, 2.05) is 19.9 Å². The second-order valence-electron chi connectivity index (χ2n) is 4.00. The normalized spacial score (nSPS) is 16.7. The molecule has 1 amide bonds. The Morgan fingerprint density at radius 3 is 2.57 bits per heavy atom. The zero-order chi connectivity index (χ0) is 10.3. The number of benzene rings is 1. The molecule has 4 heteroatoms. The predicted molar refractivity (Wildman–Crippen MR) is 56.3 cm³/mol. The number of primary amides is 1. The lowest BCUT2D eigenvalue weighted by Gasteiger charge is -2.19. The molecule has 0 spiro atoms. The number of hydrogen-bond donors (Lipinski definition) is 3. The number of rotatable bonds is 1. The Labute approximate surface area is 82.5 Å². The number of carbonyl (C=O) groups excluding carboxylic acids is 1. The number of anilines is 2. The van der Waals surface area contributed by atoms with Crippen LogP contribution in [0.2, 0.25) is 0 Å². The summed E-state index contributed by atoms with van der Waals surface area (Å²) in [4.78, 5) is 10.9. The van der Waals surface area contributed by atoms with Gasteiger partial charge in [-0.1, -0.05) is 0 Å². The van der Waals surface area contributed by atoms with Crippen molar-refractivity contribution in [2.45, 2.75) is 19.5 Å². The summed E-state index contributed by atoms with van der Waals surface area (Å²) >= 11 is 0. The average molecular weight is 191 g/mol. The Balaban J connectivity index is 2.40. The topological polar surface area (TPSA) is 67.1 Å². The van der Waals surface area contributed by atoms with Gasteiger partial charge in [0.2, 0.25) is 5.91 Å². The highest BCUT2D eigenvalue weighted by molar-refractivity contribution is 5.95. The zero-order valence-electron chi connectivity index (χ0n) is 8.22. The fourth-order valence-corrected chi connectivity index (χ4v) is 1.61. The molecule has 2 rings (SSSR count). The highest BCUT2D eigenvalue weighted by Gasteiger charge is 2.26. The van der Waals surface area contributed by atoms with Crippen LogP contribution in [0.15, 0.2) is 18.2 Å². The molecule has 0 bridgehead atoms. The number of nitrogens with two attached hydrogens (primary N) is 1. The van der Waals surface area contributed by atoms with E-state index in [9.17, 15) is 4.79 Å². The molecule has 4 N–H and O–H groups in total. The summed E-state index contributed by atoms with van der Waals surface area (Å²) in [6, 6.07) is 5.34. The van der Waals surface area contributed by atoms with Gasteiger partial charge in [0.05, 0.1) is 11.4 Å². The van der Waals surface area contributed by atoms with Crippen molar-refractivity contribution in [3.63, 3.8) is 0 Å². The van der Waals surface area contributed by atoms with Gasteiger partial charge in [-0.3, -0.25) is 4.79 Å². The largest absolute Gasteiger partial charge is 0.366 e. The number of carbonyl (C=O) groups is 1. The van der Waals surface area contributed by atoms with Gasteiger partial charge in [0, 0.05) is 5.56 Å². The lowest BCUT2D eigenvalue weighted by atomic mass is 10.2. The van der Waals surface area contributed by atoms with E-state index in [1.165, 1.54) is 0 Å². The quantitative estimate of drug-likeness (QED) is 0.627.